The van der Waals surface area contributed by atoms with Gasteiger partial charge in [0.15, 0.2) is 0 Å². The van der Waals surface area contributed by atoms with E-state index < -0.39 is 0 Å². The molecular formula is C9H17N3S2. The molecule has 0 radical (unpaired) electrons. The van der Waals surface area contributed by atoms with E-state index in [1.165, 1.54) is 9.88 Å². The smallest absolute Gasteiger partial charge is 0.110 e. The molecule has 0 saturated carbocycles. The summed E-state index contributed by atoms with van der Waals surface area (Å²) in [5.74, 6) is 0.950. The van der Waals surface area contributed by atoms with Gasteiger partial charge in [0.05, 0.1) is 0 Å². The summed E-state index contributed by atoms with van der Waals surface area (Å²) in [6.45, 7) is 3.76. The fourth-order valence-corrected chi connectivity index (χ4v) is 3.06. The molecule has 0 atom stereocenters. The summed E-state index contributed by atoms with van der Waals surface area (Å²) >= 11 is 3.53. The van der Waals surface area contributed by atoms with E-state index in [1.807, 2.05) is 0 Å². The number of thioether (sulfide) groups is 1. The van der Waals surface area contributed by atoms with Gasteiger partial charge >= 0.3 is 0 Å². The van der Waals surface area contributed by atoms with E-state index in [4.69, 9.17) is 5.73 Å². The molecule has 0 amide bonds. The molecule has 0 aliphatic rings. The highest BCUT2D eigenvalue weighted by Crippen LogP contribution is 2.26. The molecule has 0 saturated heterocycles. The van der Waals surface area contributed by atoms with Crippen LogP contribution < -0.4 is 5.73 Å². The second-order valence-corrected chi connectivity index (χ2v) is 5.72. The van der Waals surface area contributed by atoms with Crippen molar-refractivity contribution in [3.05, 3.63) is 9.88 Å². The van der Waals surface area contributed by atoms with Crippen LogP contribution in [0.25, 0.3) is 0 Å². The lowest BCUT2D eigenvalue weighted by Crippen LogP contribution is -2.10. The largest absolute Gasteiger partial charge is 0.330 e. The number of aryl methyl sites for hydroxylation is 1. The first-order valence-corrected chi connectivity index (χ1v) is 6.37. The van der Waals surface area contributed by atoms with Crippen molar-refractivity contribution in [1.29, 1.82) is 0 Å². The van der Waals surface area contributed by atoms with Crippen molar-refractivity contribution in [3.63, 3.8) is 0 Å². The number of hydrogen-bond donors (Lipinski definition) is 1. The molecule has 0 aromatic carbocycles. The summed E-state index contributed by atoms with van der Waals surface area (Å²) in [6.07, 6.45) is 0. The summed E-state index contributed by atoms with van der Waals surface area (Å²) in [5, 5.41) is 2.34. The van der Waals surface area contributed by atoms with E-state index in [-0.39, 0.29) is 0 Å². The van der Waals surface area contributed by atoms with Crippen LogP contribution in [0.5, 0.6) is 0 Å². The maximum atomic E-state index is 5.46. The SMILES string of the molecule is Cc1sc(CN(C)C)nc1SCCN. The van der Waals surface area contributed by atoms with Gasteiger partial charge in [-0.25, -0.2) is 4.98 Å². The average molecular weight is 231 g/mol. The Bertz CT molecular complexity index is 284. The average Bonchev–Trinajstić information content (AvgIpc) is 2.41. The minimum atomic E-state index is 0.713. The van der Waals surface area contributed by atoms with Crippen LogP contribution in [0.1, 0.15) is 9.88 Å². The van der Waals surface area contributed by atoms with Crippen molar-refractivity contribution in [3.8, 4) is 0 Å². The molecule has 0 unspecified atom stereocenters. The lowest BCUT2D eigenvalue weighted by Gasteiger charge is -2.04. The number of rotatable bonds is 5. The Morgan fingerprint density at radius 3 is 2.79 bits per heavy atom. The maximum Gasteiger partial charge on any atom is 0.110 e. The van der Waals surface area contributed by atoms with Crippen LogP contribution in [0, 0.1) is 6.92 Å². The predicted molar refractivity (Wildman–Crippen MR) is 64.0 cm³/mol. The highest BCUT2D eigenvalue weighted by molar-refractivity contribution is 7.99. The third-order valence-corrected chi connectivity index (χ3v) is 3.80. The molecule has 2 N–H and O–H groups in total. The fourth-order valence-electron chi connectivity index (χ4n) is 1.06. The van der Waals surface area contributed by atoms with Gasteiger partial charge in [0.25, 0.3) is 0 Å². The Labute approximate surface area is 93.7 Å². The third kappa shape index (κ3) is 3.57. The highest BCUT2D eigenvalue weighted by Gasteiger charge is 2.07. The van der Waals surface area contributed by atoms with E-state index in [0.717, 1.165) is 17.3 Å². The van der Waals surface area contributed by atoms with Crippen molar-refractivity contribution in [1.82, 2.24) is 9.88 Å². The van der Waals surface area contributed by atoms with Gasteiger partial charge in [0.2, 0.25) is 0 Å². The summed E-state index contributed by atoms with van der Waals surface area (Å²) in [6, 6.07) is 0. The van der Waals surface area contributed by atoms with Gasteiger partial charge in [0, 0.05) is 23.7 Å². The molecule has 1 aromatic heterocycles. The van der Waals surface area contributed by atoms with Crippen LogP contribution in [-0.2, 0) is 6.54 Å². The van der Waals surface area contributed by atoms with Crippen molar-refractivity contribution in [2.24, 2.45) is 5.73 Å². The third-order valence-electron chi connectivity index (χ3n) is 1.61. The molecule has 14 heavy (non-hydrogen) atoms. The zero-order valence-corrected chi connectivity index (χ0v) is 10.5. The van der Waals surface area contributed by atoms with E-state index in [1.54, 1.807) is 23.1 Å². The molecule has 0 aliphatic carbocycles. The molecule has 0 spiro atoms. The Morgan fingerprint density at radius 2 is 2.21 bits per heavy atom. The zero-order chi connectivity index (χ0) is 10.6. The first-order valence-electron chi connectivity index (χ1n) is 4.57. The van der Waals surface area contributed by atoms with Gasteiger partial charge in [-0.3, -0.25) is 0 Å². The molecule has 5 heteroatoms. The minimum absolute atomic E-state index is 0.713. The van der Waals surface area contributed by atoms with Crippen LogP contribution in [-0.4, -0.2) is 36.3 Å². The first-order chi connectivity index (χ1) is 6.63. The van der Waals surface area contributed by atoms with E-state index in [9.17, 15) is 0 Å². The van der Waals surface area contributed by atoms with Gasteiger partial charge in [0.1, 0.15) is 10.0 Å². The highest BCUT2D eigenvalue weighted by atomic mass is 32.2. The second-order valence-electron chi connectivity index (χ2n) is 3.34. The molecule has 0 bridgehead atoms. The Kier molecular flexibility index (Phi) is 4.88. The molecule has 3 nitrogen and oxygen atoms in total. The zero-order valence-electron chi connectivity index (χ0n) is 8.91. The van der Waals surface area contributed by atoms with Crippen LogP contribution in [0.2, 0.25) is 0 Å². The summed E-state index contributed by atoms with van der Waals surface area (Å²) in [4.78, 5) is 8.01. The predicted octanol–water partition coefficient (Wildman–Crippen LogP) is 1.56. The van der Waals surface area contributed by atoms with Gasteiger partial charge < -0.3 is 10.6 Å². The van der Waals surface area contributed by atoms with Crippen molar-refractivity contribution < 1.29 is 0 Å². The number of hydrogen-bond acceptors (Lipinski definition) is 5. The first kappa shape index (κ1) is 12.0. The Hall–Kier alpha value is -0.100. The van der Waals surface area contributed by atoms with Gasteiger partial charge in [-0.05, 0) is 21.0 Å². The van der Waals surface area contributed by atoms with E-state index in [0.29, 0.717) is 6.54 Å². The monoisotopic (exact) mass is 231 g/mol. The lowest BCUT2D eigenvalue weighted by atomic mass is 10.6. The standard InChI is InChI=1S/C9H17N3S2/c1-7-9(13-5-4-10)11-8(14-7)6-12(2)3/h4-6,10H2,1-3H3. The molecule has 0 aliphatic heterocycles. The van der Waals surface area contributed by atoms with Gasteiger partial charge in [-0.2, -0.15) is 0 Å². The normalized spacial score (nSPS) is 11.2. The van der Waals surface area contributed by atoms with Crippen molar-refractivity contribution in [2.75, 3.05) is 26.4 Å². The van der Waals surface area contributed by atoms with Gasteiger partial charge in [-0.15, -0.1) is 23.1 Å². The van der Waals surface area contributed by atoms with Gasteiger partial charge in [-0.1, -0.05) is 0 Å². The summed E-state index contributed by atoms with van der Waals surface area (Å²) in [5.41, 5.74) is 5.46. The van der Waals surface area contributed by atoms with Crippen LogP contribution in [0.3, 0.4) is 0 Å². The van der Waals surface area contributed by atoms with Crippen LogP contribution >= 0.6 is 23.1 Å². The van der Waals surface area contributed by atoms with E-state index >= 15 is 0 Å². The molecular weight excluding hydrogens is 214 g/mol. The number of thiazole rings is 1. The number of nitrogens with zero attached hydrogens (tertiary/aromatic N) is 2. The fraction of sp³-hybridized carbons (Fsp3) is 0.667. The molecule has 1 rings (SSSR count). The second kappa shape index (κ2) is 5.70. The topological polar surface area (TPSA) is 42.2 Å². The lowest BCUT2D eigenvalue weighted by molar-refractivity contribution is 0.401. The Balaban J connectivity index is 2.62. The molecule has 80 valence electrons. The quantitative estimate of drug-likeness (QED) is 0.781. The van der Waals surface area contributed by atoms with Crippen LogP contribution in [0.15, 0.2) is 5.03 Å². The summed E-state index contributed by atoms with van der Waals surface area (Å²) < 4.78 is 0. The van der Waals surface area contributed by atoms with Crippen molar-refractivity contribution >= 4 is 23.1 Å². The maximum absolute atomic E-state index is 5.46. The minimum Gasteiger partial charge on any atom is -0.330 e. The van der Waals surface area contributed by atoms with Crippen molar-refractivity contribution in [2.45, 2.75) is 18.5 Å². The van der Waals surface area contributed by atoms with E-state index in [2.05, 4.69) is 30.9 Å². The summed E-state index contributed by atoms with van der Waals surface area (Å²) in [7, 11) is 4.12. The number of nitrogens with two attached hydrogens (primary N) is 1. The number of aromatic nitrogens is 1. The molecule has 1 aromatic rings. The van der Waals surface area contributed by atoms with Crippen LogP contribution in [0.4, 0.5) is 0 Å². The Morgan fingerprint density at radius 1 is 1.50 bits per heavy atom. The molecule has 1 heterocycles. The molecule has 0 fully saturated rings.